The molecule has 0 saturated carbocycles. The smallest absolute Gasteiger partial charge is 0.349 e. The van der Waals surface area contributed by atoms with Crippen molar-refractivity contribution in [3.8, 4) is 5.69 Å². The summed E-state index contributed by atoms with van der Waals surface area (Å²) in [6, 6.07) is 14.0. The van der Waals surface area contributed by atoms with E-state index in [4.69, 9.17) is 4.42 Å². The van der Waals surface area contributed by atoms with Crippen LogP contribution in [0.5, 0.6) is 0 Å². The third kappa shape index (κ3) is 3.44. The number of carbonyl (C=O) groups is 1. The van der Waals surface area contributed by atoms with Crippen molar-refractivity contribution in [2.45, 2.75) is 6.92 Å². The van der Waals surface area contributed by atoms with Gasteiger partial charge in [0.1, 0.15) is 11.3 Å². The zero-order chi connectivity index (χ0) is 21.6. The molecule has 4 rings (SSSR count). The lowest BCUT2D eigenvalue weighted by Crippen LogP contribution is -2.25. The number of anilines is 1. The first-order valence-electron chi connectivity index (χ1n) is 8.86. The van der Waals surface area contributed by atoms with E-state index in [9.17, 15) is 14.4 Å². The van der Waals surface area contributed by atoms with Crippen LogP contribution in [0.3, 0.4) is 0 Å². The molecule has 0 unspecified atom stereocenters. The topological polar surface area (TPSA) is 86.2 Å². The normalized spacial score (nSPS) is 11.1. The fourth-order valence-electron chi connectivity index (χ4n) is 3.21. The maximum absolute atomic E-state index is 13.0. The van der Waals surface area contributed by atoms with Crippen molar-refractivity contribution in [1.29, 1.82) is 0 Å². The number of para-hydroxylation sites is 1. The maximum Gasteiger partial charge on any atom is 0.349 e. The number of rotatable bonds is 3. The number of fused-ring (bicyclic) bond motifs is 1. The Morgan fingerprint density at radius 3 is 2.47 bits per heavy atom. The maximum atomic E-state index is 13.0. The van der Waals surface area contributed by atoms with Crippen molar-refractivity contribution in [3.63, 3.8) is 0 Å². The van der Waals surface area contributed by atoms with E-state index < -0.39 is 17.1 Å². The third-order valence-corrected chi connectivity index (χ3v) is 5.84. The Morgan fingerprint density at radius 2 is 1.77 bits per heavy atom. The van der Waals surface area contributed by atoms with Crippen LogP contribution in [0.15, 0.2) is 71.5 Å². The minimum Gasteiger partial charge on any atom is -0.421 e. The van der Waals surface area contributed by atoms with E-state index >= 15 is 0 Å². The quantitative estimate of drug-likeness (QED) is 0.397. The Balaban J connectivity index is 1.78. The number of hydrogen-bond acceptors (Lipinski definition) is 4. The molecular weight excluding hydrogens is 518 g/mol. The SMILES string of the molecule is Cc1c(NC(=O)c2cc3cc(Br)cc(Br)c3oc2=O)c(=O)n(-c2ccccc2)n1C. The molecule has 0 aliphatic heterocycles. The summed E-state index contributed by atoms with van der Waals surface area (Å²) in [6.45, 7) is 1.72. The van der Waals surface area contributed by atoms with Crippen molar-refractivity contribution in [2.24, 2.45) is 7.05 Å². The Labute approximate surface area is 187 Å². The van der Waals surface area contributed by atoms with Gasteiger partial charge in [-0.05, 0) is 53.2 Å². The molecule has 30 heavy (non-hydrogen) atoms. The van der Waals surface area contributed by atoms with E-state index in [2.05, 4.69) is 37.2 Å². The first-order valence-corrected chi connectivity index (χ1v) is 10.4. The van der Waals surface area contributed by atoms with Crippen LogP contribution in [0.4, 0.5) is 5.69 Å². The van der Waals surface area contributed by atoms with Gasteiger partial charge in [0, 0.05) is 16.9 Å². The monoisotopic (exact) mass is 531 g/mol. The van der Waals surface area contributed by atoms with Crippen molar-refractivity contribution in [3.05, 3.63) is 89.5 Å². The second-order valence-electron chi connectivity index (χ2n) is 6.64. The molecule has 7 nitrogen and oxygen atoms in total. The lowest BCUT2D eigenvalue weighted by Gasteiger charge is -2.07. The highest BCUT2D eigenvalue weighted by Crippen LogP contribution is 2.28. The Morgan fingerprint density at radius 1 is 1.07 bits per heavy atom. The van der Waals surface area contributed by atoms with Crippen LogP contribution in [0.25, 0.3) is 16.7 Å². The highest BCUT2D eigenvalue weighted by Gasteiger charge is 2.21. The van der Waals surface area contributed by atoms with Gasteiger partial charge < -0.3 is 9.73 Å². The van der Waals surface area contributed by atoms with Gasteiger partial charge in [0.25, 0.3) is 11.5 Å². The summed E-state index contributed by atoms with van der Waals surface area (Å²) in [7, 11) is 1.72. The molecule has 0 aliphatic carbocycles. The van der Waals surface area contributed by atoms with E-state index in [0.717, 1.165) is 4.47 Å². The summed E-state index contributed by atoms with van der Waals surface area (Å²) >= 11 is 6.71. The number of nitrogens with zero attached hydrogens (tertiary/aromatic N) is 2. The van der Waals surface area contributed by atoms with Crippen LogP contribution in [-0.4, -0.2) is 15.3 Å². The van der Waals surface area contributed by atoms with E-state index in [1.165, 1.54) is 10.7 Å². The number of benzene rings is 2. The van der Waals surface area contributed by atoms with Gasteiger partial charge in [0.15, 0.2) is 5.58 Å². The van der Waals surface area contributed by atoms with Crippen LogP contribution in [0.2, 0.25) is 0 Å². The highest BCUT2D eigenvalue weighted by atomic mass is 79.9. The summed E-state index contributed by atoms with van der Waals surface area (Å²) in [5.41, 5.74) is 0.261. The minimum absolute atomic E-state index is 0.0984. The molecule has 0 atom stereocenters. The zero-order valence-corrected chi connectivity index (χ0v) is 19.1. The molecule has 1 amide bonds. The van der Waals surface area contributed by atoms with E-state index in [1.807, 2.05) is 18.2 Å². The van der Waals surface area contributed by atoms with Crippen LogP contribution in [0, 0.1) is 6.92 Å². The standard InChI is InChI=1S/C21H15Br2N3O4/c1-11-17(20(28)26(25(11)2)14-6-4-3-5-7-14)24-19(27)15-9-12-8-13(22)10-16(23)18(12)30-21(15)29/h3-10H,1-2H3,(H,24,27). The van der Waals surface area contributed by atoms with Gasteiger partial charge in [-0.3, -0.25) is 14.3 Å². The van der Waals surface area contributed by atoms with Gasteiger partial charge in [-0.25, -0.2) is 9.48 Å². The van der Waals surface area contributed by atoms with Crippen LogP contribution >= 0.6 is 31.9 Å². The summed E-state index contributed by atoms with van der Waals surface area (Å²) < 4.78 is 9.75. The van der Waals surface area contributed by atoms with Gasteiger partial charge in [0.05, 0.1) is 15.9 Å². The molecule has 0 radical (unpaired) electrons. The molecule has 2 aromatic carbocycles. The second-order valence-corrected chi connectivity index (χ2v) is 8.41. The van der Waals surface area contributed by atoms with Gasteiger partial charge in [0.2, 0.25) is 0 Å². The van der Waals surface area contributed by atoms with Crippen molar-refractivity contribution >= 4 is 54.4 Å². The van der Waals surface area contributed by atoms with E-state index in [-0.39, 0.29) is 11.3 Å². The van der Waals surface area contributed by atoms with Crippen molar-refractivity contribution < 1.29 is 9.21 Å². The molecule has 0 aliphatic rings. The molecule has 0 saturated heterocycles. The second kappa shape index (κ2) is 7.73. The summed E-state index contributed by atoms with van der Waals surface area (Å²) in [5.74, 6) is -0.715. The summed E-state index contributed by atoms with van der Waals surface area (Å²) in [4.78, 5) is 38.3. The van der Waals surface area contributed by atoms with Gasteiger partial charge in [-0.2, -0.15) is 0 Å². The molecule has 0 bridgehead atoms. The number of amides is 1. The highest BCUT2D eigenvalue weighted by molar-refractivity contribution is 9.11. The predicted octanol–water partition coefficient (Wildman–Crippen LogP) is 4.37. The Bertz CT molecular complexity index is 1420. The number of carbonyl (C=O) groups excluding carboxylic acids is 1. The number of halogens is 2. The average Bonchev–Trinajstić information content (AvgIpc) is 2.92. The van der Waals surface area contributed by atoms with E-state index in [0.29, 0.717) is 26.8 Å². The minimum atomic E-state index is -0.792. The summed E-state index contributed by atoms with van der Waals surface area (Å²) in [6.07, 6.45) is 0. The predicted molar refractivity (Wildman–Crippen MR) is 122 cm³/mol. The zero-order valence-electron chi connectivity index (χ0n) is 15.9. The Hall–Kier alpha value is -2.91. The first-order chi connectivity index (χ1) is 14.3. The first kappa shape index (κ1) is 20.4. The third-order valence-electron chi connectivity index (χ3n) is 4.79. The van der Waals surface area contributed by atoms with Crippen LogP contribution < -0.4 is 16.5 Å². The number of aromatic nitrogens is 2. The average molecular weight is 533 g/mol. The molecule has 152 valence electrons. The molecule has 0 fully saturated rings. The molecule has 0 spiro atoms. The number of nitrogens with one attached hydrogen (secondary N) is 1. The Kier molecular flexibility index (Phi) is 5.25. The van der Waals surface area contributed by atoms with Crippen molar-refractivity contribution in [2.75, 3.05) is 5.32 Å². The summed E-state index contributed by atoms with van der Waals surface area (Å²) in [5, 5.41) is 3.15. The lowest BCUT2D eigenvalue weighted by atomic mass is 10.1. The molecule has 2 aromatic heterocycles. The van der Waals surface area contributed by atoms with Gasteiger partial charge >= 0.3 is 5.63 Å². The van der Waals surface area contributed by atoms with Gasteiger partial charge in [-0.1, -0.05) is 34.1 Å². The van der Waals surface area contributed by atoms with Gasteiger partial charge in [-0.15, -0.1) is 0 Å². The van der Waals surface area contributed by atoms with E-state index in [1.54, 1.807) is 42.9 Å². The van der Waals surface area contributed by atoms with Crippen molar-refractivity contribution in [1.82, 2.24) is 9.36 Å². The molecule has 2 heterocycles. The molecule has 1 N–H and O–H groups in total. The largest absolute Gasteiger partial charge is 0.421 e. The fourth-order valence-corrected chi connectivity index (χ4v) is 4.55. The molecular formula is C21H15Br2N3O4. The fraction of sp³-hybridized carbons (Fsp3) is 0.0952. The lowest BCUT2D eigenvalue weighted by molar-refractivity contribution is 0.102. The molecule has 4 aromatic rings. The number of hydrogen-bond donors (Lipinski definition) is 1. The van der Waals surface area contributed by atoms with Crippen LogP contribution in [-0.2, 0) is 7.05 Å². The molecule has 9 heteroatoms. The van der Waals surface area contributed by atoms with Crippen LogP contribution in [0.1, 0.15) is 16.1 Å².